The maximum absolute atomic E-state index is 5.49. The molecule has 0 bridgehead atoms. The first-order chi connectivity index (χ1) is 13.3. The molecule has 0 atom stereocenters. The van der Waals surface area contributed by atoms with Crippen molar-refractivity contribution in [3.8, 4) is 5.75 Å². The summed E-state index contributed by atoms with van der Waals surface area (Å²) in [4.78, 5) is 6.83. The zero-order chi connectivity index (χ0) is 18.2. The molecule has 1 aromatic heterocycles. The molecule has 2 heterocycles. The summed E-state index contributed by atoms with van der Waals surface area (Å²) in [6, 6.07) is 25.1. The van der Waals surface area contributed by atoms with Crippen LogP contribution in [0.1, 0.15) is 16.7 Å². The van der Waals surface area contributed by atoms with Crippen molar-refractivity contribution in [1.29, 1.82) is 0 Å². The van der Waals surface area contributed by atoms with Crippen LogP contribution in [0.15, 0.2) is 79.0 Å². The number of hydrogen-bond acceptors (Lipinski definition) is 1. The number of hydrogen-bond donors (Lipinski definition) is 2. The van der Waals surface area contributed by atoms with E-state index in [-0.39, 0.29) is 0 Å². The maximum atomic E-state index is 5.49. The number of allylic oxidation sites excluding steroid dienone is 1. The van der Waals surface area contributed by atoms with Crippen LogP contribution in [0.3, 0.4) is 0 Å². The predicted molar refractivity (Wildman–Crippen MR) is 110 cm³/mol. The van der Waals surface area contributed by atoms with Gasteiger partial charge in [-0.05, 0) is 29.8 Å². The number of nitrogens with one attached hydrogen (secondary N) is 2. The number of aromatic nitrogens is 1. The Morgan fingerprint density at radius 3 is 2.70 bits per heavy atom. The van der Waals surface area contributed by atoms with Crippen molar-refractivity contribution in [3.63, 3.8) is 0 Å². The van der Waals surface area contributed by atoms with Crippen molar-refractivity contribution < 1.29 is 9.73 Å². The largest absolute Gasteiger partial charge is 0.497 e. The fraction of sp³-hybridized carbons (Fsp3) is 0.0417. The van der Waals surface area contributed by atoms with Gasteiger partial charge in [0, 0.05) is 34.3 Å². The molecule has 1 aliphatic rings. The Morgan fingerprint density at radius 2 is 1.78 bits per heavy atom. The summed E-state index contributed by atoms with van der Waals surface area (Å²) in [5, 5.41) is 1.21. The van der Waals surface area contributed by atoms with Crippen LogP contribution in [0.4, 0.5) is 5.69 Å². The van der Waals surface area contributed by atoms with Crippen molar-refractivity contribution >= 4 is 34.0 Å². The molecule has 27 heavy (non-hydrogen) atoms. The normalized spacial score (nSPS) is 14.4. The molecule has 3 heteroatoms. The second kappa shape index (κ2) is 6.29. The lowest BCUT2D eigenvalue weighted by Gasteiger charge is -2.11. The van der Waals surface area contributed by atoms with Crippen LogP contribution in [0, 0.1) is 0 Å². The molecule has 0 radical (unpaired) electrons. The van der Waals surface area contributed by atoms with Gasteiger partial charge in [-0.15, -0.1) is 0 Å². The molecule has 0 aliphatic carbocycles. The summed E-state index contributed by atoms with van der Waals surface area (Å²) in [5.74, 6) is 0.852. The molecule has 0 fully saturated rings. The third-order valence-corrected chi connectivity index (χ3v) is 5.08. The quantitative estimate of drug-likeness (QED) is 0.577. The van der Waals surface area contributed by atoms with Gasteiger partial charge >= 0.3 is 0 Å². The van der Waals surface area contributed by atoms with E-state index in [0.717, 1.165) is 22.5 Å². The third-order valence-electron chi connectivity index (χ3n) is 5.08. The lowest BCUT2D eigenvalue weighted by molar-refractivity contribution is -0.342. The molecule has 0 spiro atoms. The van der Waals surface area contributed by atoms with Gasteiger partial charge in [0.15, 0.2) is 6.21 Å². The molecule has 1 aliphatic heterocycles. The van der Waals surface area contributed by atoms with Gasteiger partial charge in [0.1, 0.15) is 5.75 Å². The number of methoxy groups -OCH3 is 1. The monoisotopic (exact) mass is 351 g/mol. The first-order valence-electron chi connectivity index (χ1n) is 8.99. The molecule has 3 aromatic carbocycles. The van der Waals surface area contributed by atoms with E-state index < -0.39 is 0 Å². The van der Waals surface area contributed by atoms with Gasteiger partial charge in [0.2, 0.25) is 5.69 Å². The summed E-state index contributed by atoms with van der Waals surface area (Å²) in [6.45, 7) is 0. The molecule has 5 rings (SSSR count). The summed E-state index contributed by atoms with van der Waals surface area (Å²) in [6.07, 6.45) is 4.20. The Balaban J connectivity index is 1.84. The SMILES string of the molecule is COc1cccc(C(=C2C=[NH+]c3ccccc32)c2c[nH]c3ccccc23)c1. The average molecular weight is 351 g/mol. The minimum Gasteiger partial charge on any atom is -0.497 e. The van der Waals surface area contributed by atoms with Crippen LogP contribution >= 0.6 is 0 Å². The lowest BCUT2D eigenvalue weighted by Crippen LogP contribution is -2.58. The minimum absolute atomic E-state index is 0.852. The number of ether oxygens (including phenoxy) is 1. The highest BCUT2D eigenvalue weighted by Gasteiger charge is 2.24. The number of H-pyrrole nitrogens is 1. The standard InChI is InChI=1S/C24H18N2O/c1-27-17-8-6-7-16(13-17)24(20-14-25-22-11-4-2-9-18(20)22)21-15-26-23-12-5-3-10-19(21)23/h2-15,25H,1H3/p+1. The van der Waals surface area contributed by atoms with Crippen LogP contribution in [0.5, 0.6) is 5.75 Å². The zero-order valence-electron chi connectivity index (χ0n) is 15.0. The van der Waals surface area contributed by atoms with Gasteiger partial charge in [0.25, 0.3) is 0 Å². The zero-order valence-corrected chi connectivity index (χ0v) is 15.0. The second-order valence-electron chi connectivity index (χ2n) is 6.60. The molecule has 130 valence electrons. The van der Waals surface area contributed by atoms with Crippen LogP contribution in [0.25, 0.3) is 22.0 Å². The molecule has 3 nitrogen and oxygen atoms in total. The van der Waals surface area contributed by atoms with Gasteiger partial charge in [-0.3, -0.25) is 0 Å². The molecule has 4 aromatic rings. The third kappa shape index (κ3) is 2.56. The van der Waals surface area contributed by atoms with Crippen molar-refractivity contribution in [3.05, 3.63) is 95.7 Å². The summed E-state index contributed by atoms with van der Waals surface area (Å²) in [5.41, 5.74) is 8.15. The molecule has 2 N–H and O–H groups in total. The topological polar surface area (TPSA) is 39.0 Å². The predicted octanol–water partition coefficient (Wildman–Crippen LogP) is 3.93. The Kier molecular flexibility index (Phi) is 3.65. The van der Waals surface area contributed by atoms with E-state index in [0.29, 0.717) is 0 Å². The summed E-state index contributed by atoms with van der Waals surface area (Å²) in [7, 11) is 1.70. The van der Waals surface area contributed by atoms with E-state index in [2.05, 4.69) is 83.1 Å². The first-order valence-corrected chi connectivity index (χ1v) is 8.99. The molecular weight excluding hydrogens is 332 g/mol. The van der Waals surface area contributed by atoms with Crippen molar-refractivity contribution in [2.45, 2.75) is 0 Å². The molecule has 0 saturated carbocycles. The number of benzene rings is 3. The Hall–Kier alpha value is -3.59. The maximum Gasteiger partial charge on any atom is 0.211 e. The molecule has 0 unspecified atom stereocenters. The van der Waals surface area contributed by atoms with Crippen LogP contribution in [-0.4, -0.2) is 18.3 Å². The highest BCUT2D eigenvalue weighted by atomic mass is 16.5. The van der Waals surface area contributed by atoms with E-state index in [1.165, 1.54) is 27.7 Å². The van der Waals surface area contributed by atoms with Crippen molar-refractivity contribution in [2.75, 3.05) is 7.11 Å². The van der Waals surface area contributed by atoms with E-state index >= 15 is 0 Å². The van der Waals surface area contributed by atoms with Crippen molar-refractivity contribution in [2.24, 2.45) is 0 Å². The number of fused-ring (bicyclic) bond motifs is 2. The van der Waals surface area contributed by atoms with E-state index in [1.54, 1.807) is 7.11 Å². The molecule has 0 amide bonds. The van der Waals surface area contributed by atoms with Gasteiger partial charge in [-0.2, -0.15) is 0 Å². The van der Waals surface area contributed by atoms with Crippen LogP contribution in [-0.2, 0) is 0 Å². The fourth-order valence-corrected chi connectivity index (χ4v) is 3.79. The van der Waals surface area contributed by atoms with Gasteiger partial charge < -0.3 is 9.72 Å². The smallest absolute Gasteiger partial charge is 0.211 e. The molecular formula is C24H19N2O+. The molecule has 0 saturated heterocycles. The van der Waals surface area contributed by atoms with Gasteiger partial charge in [-0.25, -0.2) is 4.99 Å². The highest BCUT2D eigenvalue weighted by molar-refractivity contribution is 6.24. The highest BCUT2D eigenvalue weighted by Crippen LogP contribution is 2.38. The number of para-hydroxylation sites is 2. The number of aromatic amines is 1. The van der Waals surface area contributed by atoms with Crippen LogP contribution in [0.2, 0.25) is 0 Å². The van der Waals surface area contributed by atoms with E-state index in [1.807, 2.05) is 12.1 Å². The number of rotatable bonds is 3. The van der Waals surface area contributed by atoms with E-state index in [9.17, 15) is 0 Å². The Morgan fingerprint density at radius 1 is 0.926 bits per heavy atom. The lowest BCUT2D eigenvalue weighted by atomic mass is 9.90. The van der Waals surface area contributed by atoms with Gasteiger partial charge in [-0.1, -0.05) is 42.5 Å². The van der Waals surface area contributed by atoms with Crippen LogP contribution < -0.4 is 9.73 Å². The average Bonchev–Trinajstić information content (AvgIpc) is 3.34. The summed E-state index contributed by atoms with van der Waals surface area (Å²) < 4.78 is 5.49. The fourth-order valence-electron chi connectivity index (χ4n) is 3.79. The van der Waals surface area contributed by atoms with Gasteiger partial charge in [0.05, 0.1) is 18.2 Å². The van der Waals surface area contributed by atoms with Crippen molar-refractivity contribution in [1.82, 2.24) is 4.98 Å². The van der Waals surface area contributed by atoms with E-state index in [4.69, 9.17) is 4.74 Å². The Bertz CT molecular complexity index is 1210. The first kappa shape index (κ1) is 15.6. The second-order valence-corrected chi connectivity index (χ2v) is 6.60. The summed E-state index contributed by atoms with van der Waals surface area (Å²) >= 11 is 0. The minimum atomic E-state index is 0.852. The Labute approximate surface area is 157 Å².